The molecule has 0 aromatic heterocycles. The van der Waals surface area contributed by atoms with Gasteiger partial charge < -0.3 is 25.3 Å². The van der Waals surface area contributed by atoms with Gasteiger partial charge in [-0.15, -0.1) is 0 Å². The molecule has 2 aromatic carbocycles. The van der Waals surface area contributed by atoms with E-state index in [0.717, 1.165) is 5.56 Å². The Kier molecular flexibility index (Phi) is 5.26. The molecule has 0 bridgehead atoms. The van der Waals surface area contributed by atoms with Crippen molar-refractivity contribution in [3.05, 3.63) is 53.6 Å². The zero-order valence-electron chi connectivity index (χ0n) is 14.4. The Morgan fingerprint density at radius 2 is 1.81 bits per heavy atom. The lowest BCUT2D eigenvalue weighted by atomic mass is 10.1. The number of nitrogens with one attached hydrogen (secondary N) is 1. The minimum atomic E-state index is -0.555. The molecule has 0 saturated heterocycles. The van der Waals surface area contributed by atoms with Crippen LogP contribution in [0, 0.1) is 0 Å². The van der Waals surface area contributed by atoms with Gasteiger partial charge in [0.05, 0.1) is 6.04 Å². The number of amides is 2. The number of benzene rings is 2. The Labute approximate surface area is 151 Å². The normalized spacial score (nSPS) is 13.6. The Hall–Kier alpha value is -3.22. The molecule has 136 valence electrons. The standard InChI is InChI=1S/C19H20N2O5/c1-12(14-4-7-16-17(10-14)25-9-8-24-16)21-19(23)13-2-5-15(6-3-13)26-11-18(20)22/h2-7,10,12H,8-9,11H2,1H3,(H2,20,22)(H,21,23)/t12-/m1/s1. The van der Waals surface area contributed by atoms with E-state index < -0.39 is 5.91 Å². The molecule has 3 N–H and O–H groups in total. The molecule has 1 aliphatic rings. The minimum absolute atomic E-state index is 0.202. The summed E-state index contributed by atoms with van der Waals surface area (Å²) >= 11 is 0. The van der Waals surface area contributed by atoms with Crippen LogP contribution in [0.5, 0.6) is 17.2 Å². The predicted molar refractivity (Wildman–Crippen MR) is 94.4 cm³/mol. The van der Waals surface area contributed by atoms with Crippen LogP contribution in [-0.2, 0) is 4.79 Å². The highest BCUT2D eigenvalue weighted by Gasteiger charge is 2.16. The van der Waals surface area contributed by atoms with Crippen LogP contribution in [0.2, 0.25) is 0 Å². The number of fused-ring (bicyclic) bond motifs is 1. The molecule has 7 nitrogen and oxygen atoms in total. The number of hydrogen-bond acceptors (Lipinski definition) is 5. The zero-order valence-corrected chi connectivity index (χ0v) is 14.4. The van der Waals surface area contributed by atoms with Crippen molar-refractivity contribution >= 4 is 11.8 Å². The molecule has 0 fully saturated rings. The van der Waals surface area contributed by atoms with Gasteiger partial charge in [0.15, 0.2) is 18.1 Å². The van der Waals surface area contributed by atoms with E-state index in [9.17, 15) is 9.59 Å². The summed E-state index contributed by atoms with van der Waals surface area (Å²) in [5.74, 6) is 1.10. The fraction of sp³-hybridized carbons (Fsp3) is 0.263. The first-order valence-corrected chi connectivity index (χ1v) is 8.24. The van der Waals surface area contributed by atoms with Gasteiger partial charge in [-0.3, -0.25) is 9.59 Å². The number of rotatable bonds is 6. The Balaban J connectivity index is 1.62. The topological polar surface area (TPSA) is 99.9 Å². The quantitative estimate of drug-likeness (QED) is 0.822. The van der Waals surface area contributed by atoms with E-state index in [1.165, 1.54) is 0 Å². The van der Waals surface area contributed by atoms with Gasteiger partial charge in [0.25, 0.3) is 11.8 Å². The maximum absolute atomic E-state index is 12.4. The lowest BCUT2D eigenvalue weighted by molar-refractivity contribution is -0.119. The van der Waals surface area contributed by atoms with Gasteiger partial charge in [-0.1, -0.05) is 6.07 Å². The molecule has 2 aromatic rings. The largest absolute Gasteiger partial charge is 0.486 e. The number of nitrogens with two attached hydrogens (primary N) is 1. The third-order valence-electron chi connectivity index (χ3n) is 3.91. The second-order valence-corrected chi connectivity index (χ2v) is 5.88. The Morgan fingerprint density at radius 3 is 2.50 bits per heavy atom. The summed E-state index contributed by atoms with van der Waals surface area (Å²) in [5, 5.41) is 2.94. The van der Waals surface area contributed by atoms with Gasteiger partial charge in [-0.05, 0) is 48.9 Å². The van der Waals surface area contributed by atoms with Crippen molar-refractivity contribution < 1.29 is 23.8 Å². The van der Waals surface area contributed by atoms with Crippen molar-refractivity contribution in [1.82, 2.24) is 5.32 Å². The second kappa shape index (κ2) is 7.77. The van der Waals surface area contributed by atoms with Crippen LogP contribution in [0.4, 0.5) is 0 Å². The number of ether oxygens (including phenoxy) is 3. The van der Waals surface area contributed by atoms with Crippen molar-refractivity contribution in [1.29, 1.82) is 0 Å². The molecule has 1 aliphatic heterocycles. The molecule has 0 unspecified atom stereocenters. The van der Waals surface area contributed by atoms with Crippen LogP contribution >= 0.6 is 0 Å². The maximum Gasteiger partial charge on any atom is 0.255 e. The van der Waals surface area contributed by atoms with Crippen LogP contribution in [0.1, 0.15) is 28.9 Å². The summed E-state index contributed by atoms with van der Waals surface area (Å²) in [6, 6.07) is 11.9. The molecule has 3 rings (SSSR count). The molecule has 2 amide bonds. The van der Waals surface area contributed by atoms with Crippen molar-refractivity contribution in [3.8, 4) is 17.2 Å². The lowest BCUT2D eigenvalue weighted by Gasteiger charge is -2.21. The van der Waals surface area contributed by atoms with Gasteiger partial charge in [0, 0.05) is 5.56 Å². The SMILES string of the molecule is C[C@@H](NC(=O)c1ccc(OCC(N)=O)cc1)c1ccc2c(c1)OCCO2. The Morgan fingerprint density at radius 1 is 1.12 bits per heavy atom. The van der Waals surface area contributed by atoms with E-state index in [0.29, 0.717) is 36.0 Å². The highest BCUT2D eigenvalue weighted by molar-refractivity contribution is 5.94. The highest BCUT2D eigenvalue weighted by atomic mass is 16.6. The van der Waals surface area contributed by atoms with E-state index in [1.807, 2.05) is 25.1 Å². The molecule has 1 heterocycles. The average Bonchev–Trinajstić information content (AvgIpc) is 2.66. The number of carbonyl (C=O) groups excluding carboxylic acids is 2. The summed E-state index contributed by atoms with van der Waals surface area (Å²) in [6.07, 6.45) is 0. The van der Waals surface area contributed by atoms with Crippen molar-refractivity contribution in [3.63, 3.8) is 0 Å². The van der Waals surface area contributed by atoms with Crippen LogP contribution in [0.25, 0.3) is 0 Å². The Bertz CT molecular complexity index is 804. The van der Waals surface area contributed by atoms with Crippen molar-refractivity contribution in [2.24, 2.45) is 5.73 Å². The predicted octanol–water partition coefficient (Wildman–Crippen LogP) is 1.81. The average molecular weight is 356 g/mol. The first-order chi connectivity index (χ1) is 12.5. The van der Waals surface area contributed by atoms with Gasteiger partial charge in [0.1, 0.15) is 19.0 Å². The number of carbonyl (C=O) groups is 2. The number of hydrogen-bond donors (Lipinski definition) is 2. The lowest BCUT2D eigenvalue weighted by Crippen LogP contribution is -2.26. The molecule has 26 heavy (non-hydrogen) atoms. The van der Waals surface area contributed by atoms with E-state index in [4.69, 9.17) is 19.9 Å². The molecule has 0 aliphatic carbocycles. The second-order valence-electron chi connectivity index (χ2n) is 5.88. The van der Waals surface area contributed by atoms with Crippen LogP contribution in [0.15, 0.2) is 42.5 Å². The highest BCUT2D eigenvalue weighted by Crippen LogP contribution is 2.32. The molecule has 0 radical (unpaired) electrons. The first kappa shape index (κ1) is 17.6. The first-order valence-electron chi connectivity index (χ1n) is 8.24. The van der Waals surface area contributed by atoms with Crippen LogP contribution in [0.3, 0.4) is 0 Å². The molecular weight excluding hydrogens is 336 g/mol. The summed E-state index contributed by atoms with van der Waals surface area (Å²) in [5.41, 5.74) is 6.43. The van der Waals surface area contributed by atoms with Crippen molar-refractivity contribution in [2.75, 3.05) is 19.8 Å². The monoisotopic (exact) mass is 356 g/mol. The summed E-state index contributed by atoms with van der Waals surface area (Å²) < 4.78 is 16.2. The molecule has 1 atom stereocenters. The van der Waals surface area contributed by atoms with Crippen molar-refractivity contribution in [2.45, 2.75) is 13.0 Å². The van der Waals surface area contributed by atoms with Gasteiger partial charge in [-0.25, -0.2) is 0 Å². The molecule has 0 saturated carbocycles. The fourth-order valence-corrected chi connectivity index (χ4v) is 2.55. The van der Waals surface area contributed by atoms with Gasteiger partial charge in [-0.2, -0.15) is 0 Å². The smallest absolute Gasteiger partial charge is 0.255 e. The maximum atomic E-state index is 12.4. The summed E-state index contributed by atoms with van der Waals surface area (Å²) in [7, 11) is 0. The van der Waals surface area contributed by atoms with E-state index >= 15 is 0 Å². The zero-order chi connectivity index (χ0) is 18.5. The molecule has 7 heteroatoms. The van der Waals surface area contributed by atoms with Gasteiger partial charge >= 0.3 is 0 Å². The number of primary amides is 1. The summed E-state index contributed by atoms with van der Waals surface area (Å²) in [6.45, 7) is 2.75. The summed E-state index contributed by atoms with van der Waals surface area (Å²) in [4.78, 5) is 23.1. The van der Waals surface area contributed by atoms with E-state index in [2.05, 4.69) is 5.32 Å². The van der Waals surface area contributed by atoms with Gasteiger partial charge in [0.2, 0.25) is 0 Å². The van der Waals surface area contributed by atoms with Crippen LogP contribution in [-0.4, -0.2) is 31.6 Å². The van der Waals surface area contributed by atoms with E-state index in [-0.39, 0.29) is 18.6 Å². The third kappa shape index (κ3) is 4.24. The van der Waals surface area contributed by atoms with E-state index in [1.54, 1.807) is 24.3 Å². The molecular formula is C19H20N2O5. The molecule has 0 spiro atoms. The van der Waals surface area contributed by atoms with Crippen LogP contribution < -0.4 is 25.3 Å². The minimum Gasteiger partial charge on any atom is -0.486 e. The third-order valence-corrected chi connectivity index (χ3v) is 3.91. The fourth-order valence-electron chi connectivity index (χ4n) is 2.55.